The monoisotopic (exact) mass is 155 g/mol. The highest BCUT2D eigenvalue weighted by Crippen LogP contribution is 2.30. The Hall–Kier alpha value is -0.330. The predicted octanol–water partition coefficient (Wildman–Crippen LogP) is 3.29. The van der Waals surface area contributed by atoms with Gasteiger partial charge < -0.3 is 0 Å². The van der Waals surface area contributed by atoms with Gasteiger partial charge in [-0.3, -0.25) is 4.99 Å². The van der Waals surface area contributed by atoms with E-state index < -0.39 is 0 Å². The highest BCUT2D eigenvalue weighted by atomic mass is 14.9. The molecule has 11 heavy (non-hydrogen) atoms. The summed E-state index contributed by atoms with van der Waals surface area (Å²) in [5.41, 5.74) is 1.52. The van der Waals surface area contributed by atoms with Gasteiger partial charge in [0.1, 0.15) is 0 Å². The fraction of sp³-hybridized carbons (Fsp3) is 0.900. The third kappa shape index (κ3) is 2.64. The zero-order valence-corrected chi connectivity index (χ0v) is 8.73. The molecular weight excluding hydrogens is 134 g/mol. The van der Waals surface area contributed by atoms with Crippen LogP contribution in [0.25, 0.3) is 0 Å². The van der Waals surface area contributed by atoms with Crippen molar-refractivity contribution in [3.8, 4) is 0 Å². The van der Waals surface area contributed by atoms with Crippen LogP contribution in [-0.2, 0) is 0 Å². The normalized spacial score (nSPS) is 27.1. The lowest BCUT2D eigenvalue weighted by Crippen LogP contribution is -2.21. The van der Waals surface area contributed by atoms with Crippen LogP contribution >= 0.6 is 0 Å². The number of hydrogen-bond acceptors (Lipinski definition) is 1. The first-order chi connectivity index (χ1) is 5.02. The number of aliphatic imine (C=N–C) groups is 1. The van der Waals surface area contributed by atoms with Gasteiger partial charge in [-0.1, -0.05) is 20.8 Å². The van der Waals surface area contributed by atoms with E-state index in [9.17, 15) is 0 Å². The lowest BCUT2D eigenvalue weighted by molar-refractivity contribution is 0.388. The SMILES string of the molecule is CC.CC1=NC(C)(C)C(C)C1. The van der Waals surface area contributed by atoms with Crippen molar-refractivity contribution in [2.75, 3.05) is 0 Å². The summed E-state index contributed by atoms with van der Waals surface area (Å²) in [7, 11) is 0. The van der Waals surface area contributed by atoms with Gasteiger partial charge in [0.05, 0.1) is 5.54 Å². The Kier molecular flexibility index (Phi) is 3.77. The van der Waals surface area contributed by atoms with Gasteiger partial charge in [-0.2, -0.15) is 0 Å². The van der Waals surface area contributed by atoms with Gasteiger partial charge in [0.2, 0.25) is 0 Å². The number of nitrogens with zero attached hydrogens (tertiary/aromatic N) is 1. The highest BCUT2D eigenvalue weighted by Gasteiger charge is 2.30. The first kappa shape index (κ1) is 10.7. The zero-order valence-electron chi connectivity index (χ0n) is 8.73. The molecular formula is C10H21N. The topological polar surface area (TPSA) is 12.4 Å². The van der Waals surface area contributed by atoms with Crippen LogP contribution in [0.15, 0.2) is 4.99 Å². The molecule has 0 N–H and O–H groups in total. The smallest absolute Gasteiger partial charge is 0.0580 e. The van der Waals surface area contributed by atoms with Crippen molar-refractivity contribution in [2.24, 2.45) is 10.9 Å². The molecule has 0 aromatic carbocycles. The van der Waals surface area contributed by atoms with Crippen LogP contribution in [0.3, 0.4) is 0 Å². The van der Waals surface area contributed by atoms with Crippen LogP contribution < -0.4 is 0 Å². The molecule has 1 nitrogen and oxygen atoms in total. The second-order valence-electron chi connectivity index (χ2n) is 3.61. The zero-order chi connectivity index (χ0) is 9.07. The average molecular weight is 155 g/mol. The molecule has 1 aliphatic rings. The molecule has 0 radical (unpaired) electrons. The summed E-state index contributed by atoms with van der Waals surface area (Å²) in [6.45, 7) is 12.8. The van der Waals surface area contributed by atoms with Gasteiger partial charge >= 0.3 is 0 Å². The largest absolute Gasteiger partial charge is 0.288 e. The molecule has 0 bridgehead atoms. The van der Waals surface area contributed by atoms with E-state index in [2.05, 4.69) is 32.7 Å². The molecule has 1 unspecified atom stereocenters. The third-order valence-electron chi connectivity index (χ3n) is 2.29. The van der Waals surface area contributed by atoms with Crippen molar-refractivity contribution >= 4 is 5.71 Å². The summed E-state index contributed by atoms with van der Waals surface area (Å²) in [6, 6.07) is 0. The van der Waals surface area contributed by atoms with Crippen molar-refractivity contribution in [3.63, 3.8) is 0 Å². The maximum absolute atomic E-state index is 4.52. The fourth-order valence-corrected chi connectivity index (χ4v) is 1.34. The molecule has 0 fully saturated rings. The van der Waals surface area contributed by atoms with Crippen LogP contribution in [0.1, 0.15) is 48.0 Å². The number of hydrogen-bond donors (Lipinski definition) is 0. The molecule has 0 aromatic heterocycles. The minimum absolute atomic E-state index is 0.212. The van der Waals surface area contributed by atoms with Crippen molar-refractivity contribution in [2.45, 2.75) is 53.5 Å². The molecule has 0 aliphatic carbocycles. The predicted molar refractivity (Wildman–Crippen MR) is 52.3 cm³/mol. The Labute approximate surface area is 70.9 Å². The summed E-state index contributed by atoms with van der Waals surface area (Å²) in [4.78, 5) is 4.52. The second-order valence-corrected chi connectivity index (χ2v) is 3.61. The van der Waals surface area contributed by atoms with Crippen molar-refractivity contribution < 1.29 is 0 Å². The van der Waals surface area contributed by atoms with Gasteiger partial charge in [0.15, 0.2) is 0 Å². The molecule has 0 saturated heterocycles. The standard InChI is InChI=1S/C8H15N.C2H6/c1-6-5-7(2)9-8(6,3)4;1-2/h6H,5H2,1-4H3;1-2H3. The molecule has 1 rings (SSSR count). The Morgan fingerprint density at radius 2 is 1.82 bits per heavy atom. The van der Waals surface area contributed by atoms with Crippen LogP contribution in [0.4, 0.5) is 0 Å². The van der Waals surface area contributed by atoms with E-state index in [1.807, 2.05) is 13.8 Å². The summed E-state index contributed by atoms with van der Waals surface area (Å²) in [5, 5.41) is 0. The van der Waals surface area contributed by atoms with Crippen molar-refractivity contribution in [1.82, 2.24) is 0 Å². The maximum atomic E-state index is 4.52. The molecule has 1 atom stereocenters. The highest BCUT2D eigenvalue weighted by molar-refractivity contribution is 5.84. The quantitative estimate of drug-likeness (QED) is 0.509. The van der Waals surface area contributed by atoms with E-state index in [1.54, 1.807) is 0 Å². The fourth-order valence-electron chi connectivity index (χ4n) is 1.34. The molecule has 0 aromatic rings. The van der Waals surface area contributed by atoms with Crippen LogP contribution in [0.2, 0.25) is 0 Å². The van der Waals surface area contributed by atoms with E-state index in [1.165, 1.54) is 12.1 Å². The average Bonchev–Trinajstić information content (AvgIpc) is 2.10. The summed E-state index contributed by atoms with van der Waals surface area (Å²) >= 11 is 0. The van der Waals surface area contributed by atoms with E-state index in [-0.39, 0.29) is 5.54 Å². The van der Waals surface area contributed by atoms with Crippen molar-refractivity contribution in [1.29, 1.82) is 0 Å². The van der Waals surface area contributed by atoms with Gasteiger partial charge in [0.25, 0.3) is 0 Å². The van der Waals surface area contributed by atoms with E-state index in [0.29, 0.717) is 0 Å². The minimum atomic E-state index is 0.212. The van der Waals surface area contributed by atoms with Crippen LogP contribution in [0, 0.1) is 5.92 Å². The molecule has 1 heterocycles. The Balaban J connectivity index is 0.000000461. The van der Waals surface area contributed by atoms with E-state index in [0.717, 1.165) is 5.92 Å². The molecule has 0 saturated carbocycles. The summed E-state index contributed by atoms with van der Waals surface area (Å²) < 4.78 is 0. The van der Waals surface area contributed by atoms with Gasteiger partial charge in [-0.05, 0) is 33.1 Å². The van der Waals surface area contributed by atoms with E-state index >= 15 is 0 Å². The maximum Gasteiger partial charge on any atom is 0.0580 e. The van der Waals surface area contributed by atoms with Gasteiger partial charge in [-0.15, -0.1) is 0 Å². The first-order valence-corrected chi connectivity index (χ1v) is 4.58. The third-order valence-corrected chi connectivity index (χ3v) is 2.29. The number of rotatable bonds is 0. The summed E-state index contributed by atoms with van der Waals surface area (Å²) in [5.74, 6) is 0.734. The molecule has 66 valence electrons. The molecule has 0 amide bonds. The van der Waals surface area contributed by atoms with E-state index in [4.69, 9.17) is 0 Å². The molecule has 0 spiro atoms. The Morgan fingerprint density at radius 1 is 1.36 bits per heavy atom. The van der Waals surface area contributed by atoms with Crippen molar-refractivity contribution in [3.05, 3.63) is 0 Å². The van der Waals surface area contributed by atoms with Gasteiger partial charge in [0, 0.05) is 5.71 Å². The second kappa shape index (κ2) is 3.89. The van der Waals surface area contributed by atoms with Crippen LogP contribution in [0.5, 0.6) is 0 Å². The molecule has 1 aliphatic heterocycles. The van der Waals surface area contributed by atoms with Gasteiger partial charge in [-0.25, -0.2) is 0 Å². The lowest BCUT2D eigenvalue weighted by Gasteiger charge is -2.19. The Morgan fingerprint density at radius 3 is 1.91 bits per heavy atom. The summed E-state index contributed by atoms with van der Waals surface area (Å²) in [6.07, 6.45) is 1.19. The first-order valence-electron chi connectivity index (χ1n) is 4.58. The minimum Gasteiger partial charge on any atom is -0.288 e. The lowest BCUT2D eigenvalue weighted by atomic mass is 9.90. The Bertz CT molecular complexity index is 145. The van der Waals surface area contributed by atoms with Crippen LogP contribution in [-0.4, -0.2) is 11.3 Å². The molecule has 1 heteroatoms.